The Morgan fingerprint density at radius 2 is 1.57 bits per heavy atom. The molecule has 6 heteroatoms. The van der Waals surface area contributed by atoms with Crippen molar-refractivity contribution in [1.29, 1.82) is 0 Å². The summed E-state index contributed by atoms with van der Waals surface area (Å²) >= 11 is 0. The van der Waals surface area contributed by atoms with Crippen molar-refractivity contribution in [3.05, 3.63) is 0 Å². The Hall–Kier alpha value is -1.59. The van der Waals surface area contributed by atoms with Crippen LogP contribution in [0.25, 0.3) is 0 Å². The van der Waals surface area contributed by atoms with Crippen molar-refractivity contribution in [2.24, 2.45) is 29.1 Å². The average Bonchev–Trinajstić information content (AvgIpc) is 3.09. The first-order chi connectivity index (χ1) is 14.3. The first-order valence-corrected chi connectivity index (χ1v) is 12.2. The molecule has 4 bridgehead atoms. The third-order valence-corrected chi connectivity index (χ3v) is 8.79. The molecule has 0 radical (unpaired) electrons. The van der Waals surface area contributed by atoms with E-state index in [2.05, 4.69) is 5.32 Å². The summed E-state index contributed by atoms with van der Waals surface area (Å²) in [5.74, 6) is 2.67. The molecule has 0 spiro atoms. The molecule has 4 saturated carbocycles. The molecule has 30 heavy (non-hydrogen) atoms. The summed E-state index contributed by atoms with van der Waals surface area (Å²) in [6, 6.07) is 0.341. The lowest BCUT2D eigenvalue weighted by molar-refractivity contribution is -0.147. The number of amides is 3. The number of rotatable bonds is 4. The number of carbonyl (C=O) groups excluding carboxylic acids is 3. The fourth-order valence-corrected chi connectivity index (χ4v) is 7.63. The van der Waals surface area contributed by atoms with Crippen LogP contribution in [0, 0.1) is 29.1 Å². The minimum absolute atomic E-state index is 0.0911. The SMILES string of the molecule is CC(C)N1CC(C(=O)N2CCC(NC(=O)C34CC5CC(CC(C5)C3)C4)CC2)CC1=O. The predicted octanol–water partition coefficient (Wildman–Crippen LogP) is 2.57. The van der Waals surface area contributed by atoms with Gasteiger partial charge in [-0.15, -0.1) is 0 Å². The van der Waals surface area contributed by atoms with Crippen molar-refractivity contribution < 1.29 is 14.4 Å². The summed E-state index contributed by atoms with van der Waals surface area (Å²) in [5.41, 5.74) is -0.0911. The Kier molecular flexibility index (Phi) is 5.10. The van der Waals surface area contributed by atoms with Crippen LogP contribution in [0.1, 0.15) is 71.6 Å². The van der Waals surface area contributed by atoms with Crippen LogP contribution < -0.4 is 5.32 Å². The van der Waals surface area contributed by atoms with E-state index >= 15 is 0 Å². The molecule has 6 aliphatic rings. The number of nitrogens with zero attached hydrogens (tertiary/aromatic N) is 2. The third kappa shape index (κ3) is 3.54. The minimum atomic E-state index is -0.196. The monoisotopic (exact) mass is 415 g/mol. The first-order valence-electron chi connectivity index (χ1n) is 12.2. The van der Waals surface area contributed by atoms with E-state index in [1.54, 1.807) is 0 Å². The van der Waals surface area contributed by atoms with Gasteiger partial charge in [-0.05, 0) is 83.0 Å². The van der Waals surface area contributed by atoms with Crippen LogP contribution in [0.3, 0.4) is 0 Å². The van der Waals surface area contributed by atoms with Crippen LogP contribution in [0.2, 0.25) is 0 Å². The number of hydrogen-bond donors (Lipinski definition) is 1. The van der Waals surface area contributed by atoms with Gasteiger partial charge in [0, 0.05) is 43.6 Å². The fraction of sp³-hybridized carbons (Fsp3) is 0.875. The lowest BCUT2D eigenvalue weighted by Crippen LogP contribution is -2.56. The largest absolute Gasteiger partial charge is 0.353 e. The molecule has 2 aliphatic heterocycles. The maximum absolute atomic E-state index is 13.3. The van der Waals surface area contributed by atoms with Crippen molar-refractivity contribution in [1.82, 2.24) is 15.1 Å². The van der Waals surface area contributed by atoms with Crippen molar-refractivity contribution >= 4 is 17.7 Å². The second kappa shape index (κ2) is 7.52. The Balaban J connectivity index is 1.13. The van der Waals surface area contributed by atoms with E-state index in [-0.39, 0.29) is 35.2 Å². The normalized spacial score (nSPS) is 38.6. The van der Waals surface area contributed by atoms with E-state index < -0.39 is 0 Å². The topological polar surface area (TPSA) is 69.7 Å². The van der Waals surface area contributed by atoms with Gasteiger partial charge in [-0.25, -0.2) is 0 Å². The summed E-state index contributed by atoms with van der Waals surface area (Å²) in [6.07, 6.45) is 9.37. The molecule has 3 amide bonds. The molecule has 6 rings (SSSR count). The molecule has 2 saturated heterocycles. The highest BCUT2D eigenvalue weighted by molar-refractivity contribution is 5.89. The maximum Gasteiger partial charge on any atom is 0.227 e. The first kappa shape index (κ1) is 20.3. The molecule has 6 fully saturated rings. The van der Waals surface area contributed by atoms with Gasteiger partial charge in [-0.2, -0.15) is 0 Å². The van der Waals surface area contributed by atoms with Gasteiger partial charge >= 0.3 is 0 Å². The van der Waals surface area contributed by atoms with Crippen LogP contribution >= 0.6 is 0 Å². The molecular weight excluding hydrogens is 378 g/mol. The van der Waals surface area contributed by atoms with Gasteiger partial charge in [-0.1, -0.05) is 0 Å². The van der Waals surface area contributed by atoms with Crippen molar-refractivity contribution in [2.45, 2.75) is 83.7 Å². The second-order valence-electron chi connectivity index (χ2n) is 11.3. The van der Waals surface area contributed by atoms with Gasteiger partial charge in [0.25, 0.3) is 0 Å². The molecule has 2 heterocycles. The third-order valence-electron chi connectivity index (χ3n) is 8.79. The van der Waals surface area contributed by atoms with E-state index in [4.69, 9.17) is 0 Å². The molecule has 0 aromatic heterocycles. The fourth-order valence-electron chi connectivity index (χ4n) is 7.63. The maximum atomic E-state index is 13.3. The molecule has 1 N–H and O–H groups in total. The van der Waals surface area contributed by atoms with Gasteiger partial charge in [0.1, 0.15) is 0 Å². The minimum Gasteiger partial charge on any atom is -0.353 e. The molecule has 0 aromatic rings. The summed E-state index contributed by atoms with van der Waals surface area (Å²) in [7, 11) is 0. The van der Waals surface area contributed by atoms with Crippen LogP contribution in [-0.2, 0) is 14.4 Å². The molecular formula is C24H37N3O3. The van der Waals surface area contributed by atoms with Crippen molar-refractivity contribution in [3.8, 4) is 0 Å². The number of hydrogen-bond acceptors (Lipinski definition) is 3. The van der Waals surface area contributed by atoms with Gasteiger partial charge in [0.05, 0.1) is 5.92 Å². The van der Waals surface area contributed by atoms with Gasteiger partial charge in [-0.3, -0.25) is 14.4 Å². The molecule has 0 aromatic carbocycles. The number of piperidine rings is 1. The highest BCUT2D eigenvalue weighted by Crippen LogP contribution is 2.60. The zero-order chi connectivity index (χ0) is 21.0. The summed E-state index contributed by atoms with van der Waals surface area (Å²) < 4.78 is 0. The van der Waals surface area contributed by atoms with E-state index in [0.717, 1.165) is 49.9 Å². The number of nitrogens with one attached hydrogen (secondary N) is 1. The smallest absolute Gasteiger partial charge is 0.227 e. The molecule has 1 unspecified atom stereocenters. The Morgan fingerprint density at radius 1 is 1.00 bits per heavy atom. The van der Waals surface area contributed by atoms with E-state index in [1.165, 1.54) is 19.3 Å². The highest BCUT2D eigenvalue weighted by Gasteiger charge is 2.54. The van der Waals surface area contributed by atoms with Crippen LogP contribution in [-0.4, -0.2) is 59.2 Å². The Morgan fingerprint density at radius 3 is 2.07 bits per heavy atom. The number of carbonyl (C=O) groups is 3. The van der Waals surface area contributed by atoms with Crippen LogP contribution in [0.5, 0.6) is 0 Å². The molecule has 4 aliphatic carbocycles. The molecule has 6 nitrogen and oxygen atoms in total. The Bertz CT molecular complexity index is 690. The average molecular weight is 416 g/mol. The molecule has 166 valence electrons. The molecule has 1 atom stereocenters. The number of likely N-dealkylation sites (tertiary alicyclic amines) is 2. The summed E-state index contributed by atoms with van der Waals surface area (Å²) in [5, 5.41) is 3.39. The van der Waals surface area contributed by atoms with Crippen LogP contribution in [0.4, 0.5) is 0 Å². The van der Waals surface area contributed by atoms with E-state index in [0.29, 0.717) is 32.0 Å². The summed E-state index contributed by atoms with van der Waals surface area (Å²) in [6.45, 7) is 5.94. The zero-order valence-corrected chi connectivity index (χ0v) is 18.6. The van der Waals surface area contributed by atoms with Crippen molar-refractivity contribution in [2.75, 3.05) is 19.6 Å². The van der Waals surface area contributed by atoms with E-state index in [9.17, 15) is 14.4 Å². The predicted molar refractivity (Wildman–Crippen MR) is 113 cm³/mol. The quantitative estimate of drug-likeness (QED) is 0.767. The zero-order valence-electron chi connectivity index (χ0n) is 18.6. The van der Waals surface area contributed by atoms with Gasteiger partial charge in [0.15, 0.2) is 0 Å². The standard InChI is InChI=1S/C24H37N3O3/c1-15(2)27-14-19(10-21(27)28)22(29)26-5-3-20(4-6-26)25-23(30)24-11-16-7-17(12-24)9-18(8-16)13-24/h15-20H,3-14H2,1-2H3,(H,25,30). The highest BCUT2D eigenvalue weighted by atomic mass is 16.2. The summed E-state index contributed by atoms with van der Waals surface area (Å²) in [4.78, 5) is 42.1. The Labute approximate surface area is 180 Å². The van der Waals surface area contributed by atoms with Crippen LogP contribution in [0.15, 0.2) is 0 Å². The van der Waals surface area contributed by atoms with Gasteiger partial charge in [0.2, 0.25) is 17.7 Å². The lowest BCUT2D eigenvalue weighted by Gasteiger charge is -2.56. The lowest BCUT2D eigenvalue weighted by atomic mass is 9.49. The second-order valence-corrected chi connectivity index (χ2v) is 11.3. The van der Waals surface area contributed by atoms with E-state index in [1.807, 2.05) is 23.6 Å². The van der Waals surface area contributed by atoms with Crippen molar-refractivity contribution in [3.63, 3.8) is 0 Å². The van der Waals surface area contributed by atoms with Gasteiger partial charge < -0.3 is 15.1 Å².